The molecule has 3 aliphatic heterocycles. The van der Waals surface area contributed by atoms with Gasteiger partial charge in [0.2, 0.25) is 5.91 Å². The van der Waals surface area contributed by atoms with Gasteiger partial charge in [-0.25, -0.2) is 0 Å². The lowest BCUT2D eigenvalue weighted by Gasteiger charge is -2.41. The number of benzene rings is 1. The van der Waals surface area contributed by atoms with E-state index in [4.69, 9.17) is 0 Å². The largest absolute Gasteiger partial charge is 0.312 e. The fourth-order valence-corrected chi connectivity index (χ4v) is 6.03. The summed E-state index contributed by atoms with van der Waals surface area (Å²) in [4.78, 5) is 17.5. The van der Waals surface area contributed by atoms with E-state index in [2.05, 4.69) is 47.9 Å². The lowest BCUT2D eigenvalue weighted by atomic mass is 9.86. The van der Waals surface area contributed by atoms with E-state index in [-0.39, 0.29) is 0 Å². The molecule has 2 fully saturated rings. The Labute approximate surface area is 171 Å². The predicted molar refractivity (Wildman–Crippen MR) is 117 cm³/mol. The summed E-state index contributed by atoms with van der Waals surface area (Å²) in [5.74, 6) is 1.80. The molecule has 154 valence electrons. The number of aryl methyl sites for hydroxylation is 1. The standard InChI is InChI=1S/C25H38N2O/c1-3-4-5-8-20-15-22-12-13-23(16-20)26(22)17-19(2)18-27-24-10-7-6-9-21(24)11-14-25(27)28/h6-7,9-10,19-20,22-23H,3-5,8,11-18H2,1-2H3/t19?,20?,22-,23?/m1/s1. The minimum atomic E-state index is 0.308. The van der Waals surface area contributed by atoms with E-state index in [1.54, 1.807) is 0 Å². The van der Waals surface area contributed by atoms with Crippen LogP contribution in [0.2, 0.25) is 0 Å². The topological polar surface area (TPSA) is 23.6 Å². The van der Waals surface area contributed by atoms with Crippen molar-refractivity contribution in [2.75, 3.05) is 18.0 Å². The summed E-state index contributed by atoms with van der Waals surface area (Å²) in [6.07, 6.45) is 12.8. The Balaban J connectivity index is 1.34. The van der Waals surface area contributed by atoms with E-state index in [0.29, 0.717) is 18.2 Å². The summed E-state index contributed by atoms with van der Waals surface area (Å²) >= 11 is 0. The molecule has 3 nitrogen and oxygen atoms in total. The number of rotatable bonds is 8. The first kappa shape index (κ1) is 19.9. The molecule has 28 heavy (non-hydrogen) atoms. The molecule has 3 aliphatic rings. The SMILES string of the molecule is CCCCCC1CC2CC[C@H](C1)N2CC(C)CN1C(=O)CCc2ccccc21. The second-order valence-electron chi connectivity index (χ2n) is 9.65. The Bertz CT molecular complexity index is 658. The maximum absolute atomic E-state index is 12.6. The third-order valence-corrected chi connectivity index (χ3v) is 7.41. The zero-order valence-electron chi connectivity index (χ0n) is 17.9. The van der Waals surface area contributed by atoms with Gasteiger partial charge in [-0.2, -0.15) is 0 Å². The average molecular weight is 383 g/mol. The number of carbonyl (C=O) groups excluding carboxylic acids is 1. The predicted octanol–water partition coefficient (Wildman–Crippen LogP) is 5.43. The van der Waals surface area contributed by atoms with Gasteiger partial charge in [0.15, 0.2) is 0 Å². The Hall–Kier alpha value is -1.35. The number of unbranched alkanes of at least 4 members (excludes halogenated alkanes) is 2. The zero-order chi connectivity index (χ0) is 19.5. The van der Waals surface area contributed by atoms with Crippen molar-refractivity contribution < 1.29 is 4.79 Å². The van der Waals surface area contributed by atoms with Gasteiger partial charge in [-0.3, -0.25) is 9.69 Å². The van der Waals surface area contributed by atoms with Crippen LogP contribution in [0.25, 0.3) is 0 Å². The van der Waals surface area contributed by atoms with E-state index >= 15 is 0 Å². The maximum atomic E-state index is 12.6. The molecule has 2 bridgehead atoms. The quantitative estimate of drug-likeness (QED) is 0.560. The van der Waals surface area contributed by atoms with Crippen LogP contribution in [0.15, 0.2) is 24.3 Å². The molecule has 0 aliphatic carbocycles. The number of fused-ring (bicyclic) bond motifs is 3. The van der Waals surface area contributed by atoms with Gasteiger partial charge in [-0.1, -0.05) is 57.7 Å². The molecule has 3 unspecified atom stereocenters. The van der Waals surface area contributed by atoms with Crippen LogP contribution in [-0.4, -0.2) is 36.0 Å². The molecule has 4 rings (SSSR count). The lowest BCUT2D eigenvalue weighted by molar-refractivity contribution is -0.119. The second kappa shape index (κ2) is 8.98. The fraction of sp³-hybridized carbons (Fsp3) is 0.720. The number of carbonyl (C=O) groups is 1. The second-order valence-corrected chi connectivity index (χ2v) is 9.65. The number of para-hydroxylation sites is 1. The minimum Gasteiger partial charge on any atom is -0.312 e. The molecular weight excluding hydrogens is 344 g/mol. The number of amides is 1. The zero-order valence-corrected chi connectivity index (χ0v) is 17.9. The molecule has 0 aromatic heterocycles. The summed E-state index contributed by atoms with van der Waals surface area (Å²) in [6.45, 7) is 6.67. The summed E-state index contributed by atoms with van der Waals surface area (Å²) < 4.78 is 0. The van der Waals surface area contributed by atoms with Crippen LogP contribution in [-0.2, 0) is 11.2 Å². The van der Waals surface area contributed by atoms with Gasteiger partial charge in [-0.05, 0) is 55.6 Å². The van der Waals surface area contributed by atoms with Gasteiger partial charge in [0.1, 0.15) is 0 Å². The molecule has 3 heteroatoms. The average Bonchev–Trinajstić information content (AvgIpc) is 2.92. The molecule has 1 aromatic rings. The van der Waals surface area contributed by atoms with Crippen molar-refractivity contribution in [2.45, 2.75) is 90.1 Å². The van der Waals surface area contributed by atoms with Gasteiger partial charge in [0, 0.05) is 37.3 Å². The normalized spacial score (nSPS) is 28.4. The van der Waals surface area contributed by atoms with Crippen molar-refractivity contribution >= 4 is 11.6 Å². The van der Waals surface area contributed by atoms with Crippen molar-refractivity contribution in [2.24, 2.45) is 11.8 Å². The van der Waals surface area contributed by atoms with Gasteiger partial charge < -0.3 is 4.90 Å². The van der Waals surface area contributed by atoms with E-state index < -0.39 is 0 Å². The maximum Gasteiger partial charge on any atom is 0.227 e. The lowest BCUT2D eigenvalue weighted by Crippen LogP contribution is -2.47. The number of hydrogen-bond donors (Lipinski definition) is 0. The van der Waals surface area contributed by atoms with Crippen LogP contribution in [0.4, 0.5) is 5.69 Å². The highest BCUT2D eigenvalue weighted by atomic mass is 16.2. The molecule has 1 amide bonds. The van der Waals surface area contributed by atoms with Crippen LogP contribution < -0.4 is 4.90 Å². The highest BCUT2D eigenvalue weighted by Crippen LogP contribution is 2.41. The van der Waals surface area contributed by atoms with E-state index in [1.165, 1.54) is 56.9 Å². The van der Waals surface area contributed by atoms with Crippen molar-refractivity contribution in [1.29, 1.82) is 0 Å². The Morgan fingerprint density at radius 1 is 1.04 bits per heavy atom. The summed E-state index contributed by atoms with van der Waals surface area (Å²) in [5, 5.41) is 0. The summed E-state index contributed by atoms with van der Waals surface area (Å²) in [5.41, 5.74) is 2.49. The monoisotopic (exact) mass is 382 g/mol. The van der Waals surface area contributed by atoms with Crippen LogP contribution >= 0.6 is 0 Å². The number of nitrogens with zero attached hydrogens (tertiary/aromatic N) is 2. The van der Waals surface area contributed by atoms with Crippen molar-refractivity contribution in [3.05, 3.63) is 29.8 Å². The van der Waals surface area contributed by atoms with Crippen LogP contribution in [0, 0.1) is 11.8 Å². The van der Waals surface area contributed by atoms with Crippen molar-refractivity contribution in [3.63, 3.8) is 0 Å². The Kier molecular flexibility index (Phi) is 6.40. The molecule has 4 atom stereocenters. The van der Waals surface area contributed by atoms with Crippen LogP contribution in [0.3, 0.4) is 0 Å². The van der Waals surface area contributed by atoms with E-state index in [9.17, 15) is 4.79 Å². The van der Waals surface area contributed by atoms with E-state index in [1.807, 2.05) is 0 Å². The number of hydrogen-bond acceptors (Lipinski definition) is 2. The number of anilines is 1. The van der Waals surface area contributed by atoms with Gasteiger partial charge in [0.25, 0.3) is 0 Å². The molecule has 1 aromatic carbocycles. The molecule has 0 radical (unpaired) electrons. The smallest absolute Gasteiger partial charge is 0.227 e. The molecular formula is C25H38N2O. The van der Waals surface area contributed by atoms with Gasteiger partial charge >= 0.3 is 0 Å². The van der Waals surface area contributed by atoms with Crippen molar-refractivity contribution in [3.8, 4) is 0 Å². The van der Waals surface area contributed by atoms with Gasteiger partial charge in [0.05, 0.1) is 0 Å². The molecule has 0 saturated carbocycles. The third-order valence-electron chi connectivity index (χ3n) is 7.41. The highest BCUT2D eigenvalue weighted by Gasteiger charge is 2.40. The molecule has 0 N–H and O–H groups in total. The minimum absolute atomic E-state index is 0.308. The first-order valence-corrected chi connectivity index (χ1v) is 11.8. The first-order chi connectivity index (χ1) is 13.7. The van der Waals surface area contributed by atoms with E-state index in [0.717, 1.165) is 43.2 Å². The van der Waals surface area contributed by atoms with Crippen LogP contribution in [0.5, 0.6) is 0 Å². The summed E-state index contributed by atoms with van der Waals surface area (Å²) in [6, 6.07) is 10.1. The first-order valence-electron chi connectivity index (χ1n) is 11.8. The van der Waals surface area contributed by atoms with Gasteiger partial charge in [-0.15, -0.1) is 0 Å². The molecule has 3 heterocycles. The Morgan fingerprint density at radius 2 is 1.79 bits per heavy atom. The summed E-state index contributed by atoms with van der Waals surface area (Å²) in [7, 11) is 0. The molecule has 2 saturated heterocycles. The fourth-order valence-electron chi connectivity index (χ4n) is 6.03. The highest BCUT2D eigenvalue weighted by molar-refractivity contribution is 5.96. The third kappa shape index (κ3) is 4.30. The van der Waals surface area contributed by atoms with Crippen LogP contribution in [0.1, 0.15) is 77.2 Å². The molecule has 0 spiro atoms. The van der Waals surface area contributed by atoms with Crippen molar-refractivity contribution in [1.82, 2.24) is 4.90 Å². The number of piperidine rings is 1. The Morgan fingerprint density at radius 3 is 2.54 bits per heavy atom.